The lowest BCUT2D eigenvalue weighted by atomic mass is 9.92. The van der Waals surface area contributed by atoms with Gasteiger partial charge in [0, 0.05) is 19.7 Å². The number of rotatable bonds is 5. The third-order valence-electron chi connectivity index (χ3n) is 2.95. The van der Waals surface area contributed by atoms with Crippen LogP contribution in [0.4, 0.5) is 5.69 Å². The predicted molar refractivity (Wildman–Crippen MR) is 81.0 cm³/mol. The standard InChI is InChI=1S/C13H16BrN3O4/c1-13(2,12(19)15-3)7-16-11(18)8-5-4-6-9(10(8)14)17(20)21/h4-6H,7H2,1-3H3,(H,15,19)(H,16,18). The van der Waals surface area contributed by atoms with Gasteiger partial charge in [0.25, 0.3) is 11.6 Å². The molecule has 0 atom stereocenters. The lowest BCUT2D eigenvalue weighted by molar-refractivity contribution is -0.385. The Kier molecular flexibility index (Phi) is 5.42. The number of nitro groups is 1. The summed E-state index contributed by atoms with van der Waals surface area (Å²) in [6.45, 7) is 3.49. The van der Waals surface area contributed by atoms with Crippen LogP contribution in [0.25, 0.3) is 0 Å². The van der Waals surface area contributed by atoms with Gasteiger partial charge in [-0.05, 0) is 35.8 Å². The molecule has 114 valence electrons. The fourth-order valence-electron chi connectivity index (χ4n) is 1.65. The second kappa shape index (κ2) is 6.66. The van der Waals surface area contributed by atoms with E-state index in [2.05, 4.69) is 26.6 Å². The Bertz CT molecular complexity index is 587. The van der Waals surface area contributed by atoms with Gasteiger partial charge in [0.15, 0.2) is 0 Å². The van der Waals surface area contributed by atoms with Gasteiger partial charge in [-0.2, -0.15) is 0 Å². The normalized spacial score (nSPS) is 10.9. The molecule has 2 N–H and O–H groups in total. The van der Waals surface area contributed by atoms with E-state index in [1.54, 1.807) is 13.8 Å². The monoisotopic (exact) mass is 357 g/mol. The molecular formula is C13H16BrN3O4. The van der Waals surface area contributed by atoms with Gasteiger partial charge in [-0.3, -0.25) is 19.7 Å². The third kappa shape index (κ3) is 4.01. The second-order valence-corrected chi connectivity index (χ2v) is 5.83. The summed E-state index contributed by atoms with van der Waals surface area (Å²) in [5, 5.41) is 16.0. The molecule has 0 bridgehead atoms. The van der Waals surface area contributed by atoms with Crippen LogP contribution in [-0.2, 0) is 4.79 Å². The molecule has 0 unspecified atom stereocenters. The summed E-state index contributed by atoms with van der Waals surface area (Å²) < 4.78 is 0.116. The smallest absolute Gasteiger partial charge is 0.284 e. The van der Waals surface area contributed by atoms with E-state index >= 15 is 0 Å². The van der Waals surface area contributed by atoms with Crippen LogP contribution in [0.5, 0.6) is 0 Å². The van der Waals surface area contributed by atoms with E-state index in [0.717, 1.165) is 0 Å². The molecule has 7 nitrogen and oxygen atoms in total. The molecule has 0 fully saturated rings. The zero-order valence-electron chi connectivity index (χ0n) is 11.9. The first-order chi connectivity index (χ1) is 9.70. The van der Waals surface area contributed by atoms with E-state index in [0.29, 0.717) is 0 Å². The van der Waals surface area contributed by atoms with Crippen LogP contribution in [-0.4, -0.2) is 30.3 Å². The number of halogens is 1. The van der Waals surface area contributed by atoms with Crippen molar-refractivity contribution in [1.82, 2.24) is 10.6 Å². The molecule has 0 saturated heterocycles. The van der Waals surface area contributed by atoms with Gasteiger partial charge in [0.2, 0.25) is 5.91 Å². The Morgan fingerprint density at radius 1 is 1.38 bits per heavy atom. The maximum Gasteiger partial charge on any atom is 0.284 e. The Morgan fingerprint density at radius 3 is 2.52 bits per heavy atom. The van der Waals surface area contributed by atoms with Crippen molar-refractivity contribution in [3.8, 4) is 0 Å². The molecule has 0 aliphatic rings. The van der Waals surface area contributed by atoms with Crippen molar-refractivity contribution in [2.45, 2.75) is 13.8 Å². The summed E-state index contributed by atoms with van der Waals surface area (Å²) >= 11 is 3.06. The molecule has 1 aromatic carbocycles. The Morgan fingerprint density at radius 2 is 2.00 bits per heavy atom. The second-order valence-electron chi connectivity index (χ2n) is 5.04. The van der Waals surface area contributed by atoms with Gasteiger partial charge in [-0.15, -0.1) is 0 Å². The molecule has 0 aromatic heterocycles. The van der Waals surface area contributed by atoms with Crippen LogP contribution < -0.4 is 10.6 Å². The van der Waals surface area contributed by atoms with Gasteiger partial charge in [0.1, 0.15) is 4.47 Å². The first kappa shape index (κ1) is 17.1. The van der Waals surface area contributed by atoms with E-state index < -0.39 is 16.2 Å². The summed E-state index contributed by atoms with van der Waals surface area (Å²) in [5.74, 6) is -0.691. The zero-order chi connectivity index (χ0) is 16.2. The SMILES string of the molecule is CNC(=O)C(C)(C)CNC(=O)c1cccc([N+](=O)[O-])c1Br. The van der Waals surface area contributed by atoms with Crippen molar-refractivity contribution in [3.63, 3.8) is 0 Å². The number of nitrogens with zero attached hydrogens (tertiary/aromatic N) is 1. The van der Waals surface area contributed by atoms with Crippen LogP contribution in [0.1, 0.15) is 24.2 Å². The Balaban J connectivity index is 2.89. The third-order valence-corrected chi connectivity index (χ3v) is 3.79. The van der Waals surface area contributed by atoms with Crippen molar-refractivity contribution in [3.05, 3.63) is 38.3 Å². The predicted octanol–water partition coefficient (Wildman–Crippen LogP) is 1.86. The number of nitro benzene ring substituents is 1. The maximum atomic E-state index is 12.1. The molecule has 0 saturated carbocycles. The summed E-state index contributed by atoms with van der Waals surface area (Å²) in [6, 6.07) is 4.20. The molecule has 0 aliphatic heterocycles. The summed E-state index contributed by atoms with van der Waals surface area (Å²) in [5.41, 5.74) is -0.817. The number of hydrogen-bond donors (Lipinski definition) is 2. The molecule has 8 heteroatoms. The molecular weight excluding hydrogens is 342 g/mol. The highest BCUT2D eigenvalue weighted by Gasteiger charge is 2.28. The number of benzene rings is 1. The van der Waals surface area contributed by atoms with Gasteiger partial charge < -0.3 is 10.6 Å². The maximum absolute atomic E-state index is 12.1. The molecule has 0 aliphatic carbocycles. The quantitative estimate of drug-likeness (QED) is 0.620. The topological polar surface area (TPSA) is 101 Å². The van der Waals surface area contributed by atoms with Gasteiger partial charge in [-0.25, -0.2) is 0 Å². The molecule has 2 amide bonds. The van der Waals surface area contributed by atoms with Crippen molar-refractivity contribution in [2.75, 3.05) is 13.6 Å². The molecule has 0 spiro atoms. The van der Waals surface area contributed by atoms with Crippen molar-refractivity contribution in [2.24, 2.45) is 5.41 Å². The molecule has 0 radical (unpaired) electrons. The van der Waals surface area contributed by atoms with Gasteiger partial charge in [0.05, 0.1) is 15.9 Å². The largest absolute Gasteiger partial charge is 0.359 e. The lowest BCUT2D eigenvalue weighted by Crippen LogP contribution is -2.43. The molecule has 0 heterocycles. The Hall–Kier alpha value is -1.96. The number of amides is 2. The van der Waals surface area contributed by atoms with Gasteiger partial charge in [-0.1, -0.05) is 6.07 Å². The summed E-state index contributed by atoms with van der Waals surface area (Å²) in [6.07, 6.45) is 0. The van der Waals surface area contributed by atoms with E-state index in [4.69, 9.17) is 0 Å². The van der Waals surface area contributed by atoms with Crippen LogP contribution >= 0.6 is 15.9 Å². The van der Waals surface area contributed by atoms with Crippen LogP contribution in [0.15, 0.2) is 22.7 Å². The fourth-order valence-corrected chi connectivity index (χ4v) is 2.24. The summed E-state index contributed by atoms with van der Waals surface area (Å²) in [4.78, 5) is 34.0. The summed E-state index contributed by atoms with van der Waals surface area (Å²) in [7, 11) is 1.52. The minimum atomic E-state index is -0.780. The fraction of sp³-hybridized carbons (Fsp3) is 0.385. The van der Waals surface area contributed by atoms with Crippen molar-refractivity contribution < 1.29 is 14.5 Å². The highest BCUT2D eigenvalue weighted by Crippen LogP contribution is 2.28. The molecule has 1 rings (SSSR count). The van der Waals surface area contributed by atoms with Gasteiger partial charge >= 0.3 is 0 Å². The van der Waals surface area contributed by atoms with E-state index in [-0.39, 0.29) is 28.2 Å². The van der Waals surface area contributed by atoms with Crippen LogP contribution in [0.3, 0.4) is 0 Å². The highest BCUT2D eigenvalue weighted by molar-refractivity contribution is 9.10. The van der Waals surface area contributed by atoms with E-state index in [1.165, 1.54) is 25.2 Å². The zero-order valence-corrected chi connectivity index (χ0v) is 13.5. The van der Waals surface area contributed by atoms with Crippen LogP contribution in [0.2, 0.25) is 0 Å². The molecule has 1 aromatic rings. The van der Waals surface area contributed by atoms with E-state index in [9.17, 15) is 19.7 Å². The lowest BCUT2D eigenvalue weighted by Gasteiger charge is -2.22. The first-order valence-electron chi connectivity index (χ1n) is 6.14. The molecule has 21 heavy (non-hydrogen) atoms. The minimum absolute atomic E-state index is 0.112. The highest BCUT2D eigenvalue weighted by atomic mass is 79.9. The average Bonchev–Trinajstić information content (AvgIpc) is 2.43. The number of carbonyl (C=O) groups excluding carboxylic acids is 2. The first-order valence-corrected chi connectivity index (χ1v) is 6.93. The van der Waals surface area contributed by atoms with Crippen LogP contribution in [0, 0.1) is 15.5 Å². The Labute approximate surface area is 130 Å². The minimum Gasteiger partial charge on any atom is -0.359 e. The van der Waals surface area contributed by atoms with E-state index in [1.807, 2.05) is 0 Å². The van der Waals surface area contributed by atoms with Crippen molar-refractivity contribution in [1.29, 1.82) is 0 Å². The average molecular weight is 358 g/mol. The number of carbonyl (C=O) groups is 2. The van der Waals surface area contributed by atoms with Crippen molar-refractivity contribution >= 4 is 33.4 Å². The number of hydrogen-bond acceptors (Lipinski definition) is 4. The number of nitrogens with one attached hydrogen (secondary N) is 2.